The maximum atomic E-state index is 11.5. The Morgan fingerprint density at radius 2 is 2.21 bits per heavy atom. The monoisotopic (exact) mass is 269 g/mol. The van der Waals surface area contributed by atoms with Crippen molar-refractivity contribution >= 4 is 5.97 Å². The second-order valence-electron chi connectivity index (χ2n) is 6.16. The first kappa shape index (κ1) is 14.8. The SMILES string of the molecule is CCCC1CCC(C(=O)O)C(N2CCOC(C)C2)C1. The molecular weight excluding hydrogens is 242 g/mol. The molecule has 0 radical (unpaired) electrons. The minimum absolute atomic E-state index is 0.182. The Morgan fingerprint density at radius 1 is 1.42 bits per heavy atom. The Bertz CT molecular complexity index is 308. The summed E-state index contributed by atoms with van der Waals surface area (Å²) in [6.07, 6.45) is 5.65. The van der Waals surface area contributed by atoms with E-state index in [1.807, 2.05) is 0 Å². The highest BCUT2D eigenvalue weighted by atomic mass is 16.5. The third-order valence-corrected chi connectivity index (χ3v) is 4.68. The molecule has 1 saturated carbocycles. The first-order valence-corrected chi connectivity index (χ1v) is 7.70. The molecule has 4 unspecified atom stereocenters. The van der Waals surface area contributed by atoms with Crippen LogP contribution in [0.25, 0.3) is 0 Å². The fourth-order valence-corrected chi connectivity index (χ4v) is 3.74. The molecule has 1 saturated heterocycles. The van der Waals surface area contributed by atoms with Crippen molar-refractivity contribution in [2.75, 3.05) is 19.7 Å². The van der Waals surface area contributed by atoms with Crippen LogP contribution in [0.2, 0.25) is 0 Å². The fraction of sp³-hybridized carbons (Fsp3) is 0.933. The largest absolute Gasteiger partial charge is 0.481 e. The van der Waals surface area contributed by atoms with Crippen LogP contribution < -0.4 is 0 Å². The van der Waals surface area contributed by atoms with Gasteiger partial charge in [0.15, 0.2) is 0 Å². The van der Waals surface area contributed by atoms with Gasteiger partial charge in [0.2, 0.25) is 0 Å². The van der Waals surface area contributed by atoms with Gasteiger partial charge in [-0.15, -0.1) is 0 Å². The van der Waals surface area contributed by atoms with E-state index in [4.69, 9.17) is 4.74 Å². The molecule has 110 valence electrons. The summed E-state index contributed by atoms with van der Waals surface area (Å²) in [4.78, 5) is 13.9. The average molecular weight is 269 g/mol. The Balaban J connectivity index is 2.04. The fourth-order valence-electron chi connectivity index (χ4n) is 3.74. The molecule has 2 rings (SSSR count). The molecule has 1 aliphatic carbocycles. The molecule has 0 spiro atoms. The van der Waals surface area contributed by atoms with Crippen molar-refractivity contribution in [3.05, 3.63) is 0 Å². The molecule has 2 aliphatic rings. The quantitative estimate of drug-likeness (QED) is 0.851. The van der Waals surface area contributed by atoms with Gasteiger partial charge in [0.1, 0.15) is 0 Å². The summed E-state index contributed by atoms with van der Waals surface area (Å²) in [6, 6.07) is 0.217. The number of morpholine rings is 1. The van der Waals surface area contributed by atoms with Crippen molar-refractivity contribution in [1.82, 2.24) is 4.90 Å². The molecule has 4 nitrogen and oxygen atoms in total. The number of carboxylic acids is 1. The number of carboxylic acid groups (broad SMARTS) is 1. The van der Waals surface area contributed by atoms with Crippen LogP contribution in [0.5, 0.6) is 0 Å². The third-order valence-electron chi connectivity index (χ3n) is 4.68. The number of hydrogen-bond acceptors (Lipinski definition) is 3. The summed E-state index contributed by atoms with van der Waals surface area (Å²) in [5, 5.41) is 9.46. The molecule has 0 amide bonds. The van der Waals surface area contributed by atoms with Crippen LogP contribution in [0.3, 0.4) is 0 Å². The molecule has 1 heterocycles. The van der Waals surface area contributed by atoms with Crippen molar-refractivity contribution in [1.29, 1.82) is 0 Å². The number of rotatable bonds is 4. The van der Waals surface area contributed by atoms with Crippen LogP contribution in [-0.2, 0) is 9.53 Å². The summed E-state index contributed by atoms with van der Waals surface area (Å²) in [5.74, 6) is -0.0822. The summed E-state index contributed by atoms with van der Waals surface area (Å²) >= 11 is 0. The molecule has 4 heteroatoms. The number of nitrogens with zero attached hydrogens (tertiary/aromatic N) is 1. The number of ether oxygens (including phenoxy) is 1. The van der Waals surface area contributed by atoms with E-state index in [1.54, 1.807) is 0 Å². The molecule has 0 aromatic carbocycles. The highest BCUT2D eigenvalue weighted by molar-refractivity contribution is 5.71. The van der Waals surface area contributed by atoms with Gasteiger partial charge in [-0.05, 0) is 32.1 Å². The van der Waals surface area contributed by atoms with E-state index in [2.05, 4.69) is 18.7 Å². The van der Waals surface area contributed by atoms with Gasteiger partial charge < -0.3 is 9.84 Å². The highest BCUT2D eigenvalue weighted by Crippen LogP contribution is 2.35. The van der Waals surface area contributed by atoms with Crippen molar-refractivity contribution in [2.24, 2.45) is 11.8 Å². The minimum Gasteiger partial charge on any atom is -0.481 e. The Kier molecular flexibility index (Phi) is 5.22. The lowest BCUT2D eigenvalue weighted by Crippen LogP contribution is -2.53. The molecule has 4 atom stereocenters. The van der Waals surface area contributed by atoms with Gasteiger partial charge in [-0.1, -0.05) is 19.8 Å². The summed E-state index contributed by atoms with van der Waals surface area (Å²) in [5.41, 5.74) is 0. The standard InChI is InChI=1S/C15H27NO3/c1-3-4-12-5-6-13(15(17)18)14(9-12)16-7-8-19-11(2)10-16/h11-14H,3-10H2,1-2H3,(H,17,18). The van der Waals surface area contributed by atoms with E-state index in [0.29, 0.717) is 5.92 Å². The Labute approximate surface area is 116 Å². The zero-order valence-corrected chi connectivity index (χ0v) is 12.2. The zero-order valence-electron chi connectivity index (χ0n) is 12.2. The second kappa shape index (κ2) is 6.71. The molecule has 1 aliphatic heterocycles. The first-order valence-electron chi connectivity index (χ1n) is 7.70. The van der Waals surface area contributed by atoms with Crippen LogP contribution in [-0.4, -0.2) is 47.8 Å². The van der Waals surface area contributed by atoms with E-state index in [0.717, 1.165) is 39.0 Å². The molecule has 2 fully saturated rings. The van der Waals surface area contributed by atoms with Crippen molar-refractivity contribution in [3.8, 4) is 0 Å². The summed E-state index contributed by atoms with van der Waals surface area (Å²) in [7, 11) is 0. The van der Waals surface area contributed by atoms with Crippen LogP contribution in [0.4, 0.5) is 0 Å². The molecule has 19 heavy (non-hydrogen) atoms. The lowest BCUT2D eigenvalue weighted by atomic mass is 9.75. The van der Waals surface area contributed by atoms with Crippen LogP contribution in [0.15, 0.2) is 0 Å². The average Bonchev–Trinajstić information content (AvgIpc) is 2.39. The van der Waals surface area contributed by atoms with Crippen molar-refractivity contribution in [2.45, 2.75) is 58.1 Å². The minimum atomic E-state index is -0.612. The maximum Gasteiger partial charge on any atom is 0.308 e. The normalized spacial score (nSPS) is 37.2. The van der Waals surface area contributed by atoms with E-state index in [-0.39, 0.29) is 18.1 Å². The van der Waals surface area contributed by atoms with Crippen LogP contribution in [0.1, 0.15) is 46.0 Å². The topological polar surface area (TPSA) is 49.8 Å². The zero-order chi connectivity index (χ0) is 13.8. The first-order chi connectivity index (χ1) is 9.11. The van der Waals surface area contributed by atoms with Gasteiger partial charge >= 0.3 is 5.97 Å². The van der Waals surface area contributed by atoms with Gasteiger partial charge in [-0.25, -0.2) is 0 Å². The highest BCUT2D eigenvalue weighted by Gasteiger charge is 2.39. The van der Waals surface area contributed by atoms with E-state index < -0.39 is 5.97 Å². The van der Waals surface area contributed by atoms with Crippen molar-refractivity contribution in [3.63, 3.8) is 0 Å². The molecule has 1 N–H and O–H groups in total. The predicted octanol–water partition coefficient (Wildman–Crippen LogP) is 2.38. The van der Waals surface area contributed by atoms with Gasteiger partial charge in [-0.2, -0.15) is 0 Å². The maximum absolute atomic E-state index is 11.5. The predicted molar refractivity (Wildman–Crippen MR) is 74.1 cm³/mol. The summed E-state index contributed by atoms with van der Waals surface area (Å²) < 4.78 is 5.58. The third kappa shape index (κ3) is 3.69. The number of aliphatic carboxylic acids is 1. The Hall–Kier alpha value is -0.610. The van der Waals surface area contributed by atoms with Crippen LogP contribution in [0, 0.1) is 11.8 Å². The van der Waals surface area contributed by atoms with E-state index in [1.165, 1.54) is 12.8 Å². The van der Waals surface area contributed by atoms with Crippen molar-refractivity contribution < 1.29 is 14.6 Å². The van der Waals surface area contributed by atoms with E-state index >= 15 is 0 Å². The molecule has 0 bridgehead atoms. The molecular formula is C15H27NO3. The lowest BCUT2D eigenvalue weighted by Gasteiger charge is -2.44. The van der Waals surface area contributed by atoms with Crippen LogP contribution >= 0.6 is 0 Å². The smallest absolute Gasteiger partial charge is 0.308 e. The van der Waals surface area contributed by atoms with E-state index in [9.17, 15) is 9.90 Å². The van der Waals surface area contributed by atoms with Gasteiger partial charge in [0.05, 0.1) is 18.6 Å². The van der Waals surface area contributed by atoms with Gasteiger partial charge in [0.25, 0.3) is 0 Å². The van der Waals surface area contributed by atoms with Gasteiger partial charge in [-0.3, -0.25) is 9.69 Å². The molecule has 0 aromatic heterocycles. The number of carbonyl (C=O) groups is 1. The Morgan fingerprint density at radius 3 is 2.84 bits per heavy atom. The van der Waals surface area contributed by atoms with Gasteiger partial charge in [0, 0.05) is 19.1 Å². The summed E-state index contributed by atoms with van der Waals surface area (Å²) in [6.45, 7) is 6.80. The molecule has 0 aromatic rings. The second-order valence-corrected chi connectivity index (χ2v) is 6.16. The lowest BCUT2D eigenvalue weighted by molar-refractivity contribution is -0.148. The number of hydrogen-bond donors (Lipinski definition) is 1.